The minimum absolute atomic E-state index is 0.285. The molecule has 3 aromatic rings. The highest BCUT2D eigenvalue weighted by molar-refractivity contribution is 5.80. The number of hydrogen-bond donors (Lipinski definition) is 1. The van der Waals surface area contributed by atoms with Crippen molar-refractivity contribution in [2.75, 3.05) is 7.11 Å². The molecule has 0 aliphatic heterocycles. The molecular weight excluding hydrogens is 791 g/mol. The Morgan fingerprint density at radius 2 is 0.954 bits per heavy atom. The highest BCUT2D eigenvalue weighted by atomic mass is 16.5. The zero-order valence-electron chi connectivity index (χ0n) is 47.2. The fraction of sp³-hybridized carbons (Fsp3) is 0.613. The number of unbranched alkanes of at least 4 members (excludes halogenated alkanes) is 2. The van der Waals surface area contributed by atoms with Gasteiger partial charge in [-0.15, -0.1) is 0 Å². The maximum atomic E-state index is 8.95. The third-order valence-electron chi connectivity index (χ3n) is 12.6. The molecule has 4 unspecified atom stereocenters. The molecule has 0 amide bonds. The van der Waals surface area contributed by atoms with Crippen molar-refractivity contribution in [3.05, 3.63) is 129 Å². The van der Waals surface area contributed by atoms with E-state index in [9.17, 15) is 0 Å². The Balaban J connectivity index is -0.000000370. The second-order valence-electron chi connectivity index (χ2n) is 20.0. The summed E-state index contributed by atoms with van der Waals surface area (Å²) in [5, 5.41) is 7.23. The third kappa shape index (κ3) is 35.2. The molecule has 0 saturated heterocycles. The van der Waals surface area contributed by atoms with E-state index in [0.29, 0.717) is 30.1 Å². The summed E-state index contributed by atoms with van der Waals surface area (Å²) in [5.41, 5.74) is 15.0. The molecule has 0 aromatic heterocycles. The van der Waals surface area contributed by atoms with Gasteiger partial charge in [0.1, 0.15) is 0 Å². The van der Waals surface area contributed by atoms with Gasteiger partial charge in [0.2, 0.25) is 0 Å². The molecule has 0 bridgehead atoms. The topological polar surface area (TPSA) is 50.1 Å². The SMILES string of the molecule is C=C(C)C(C)CCCC.C=C(C)C(C)CCCC.CC.CC(=N)C(C)C(C)C.COC=O.Cc1ccc(C(C)(C)C)cc1.Cc1ccc(C(C)CC[C@@H](C)c2ccc(C)c(C)c2)cc1C. The van der Waals surface area contributed by atoms with E-state index in [0.717, 1.165) is 17.5 Å². The van der Waals surface area contributed by atoms with Gasteiger partial charge < -0.3 is 10.1 Å². The van der Waals surface area contributed by atoms with Crippen molar-refractivity contribution in [3.63, 3.8) is 0 Å². The van der Waals surface area contributed by atoms with Gasteiger partial charge in [-0.05, 0) is 161 Å². The van der Waals surface area contributed by atoms with Crippen LogP contribution in [0.2, 0.25) is 0 Å². The Kier molecular flexibility index (Phi) is 41.2. The highest BCUT2D eigenvalue weighted by Crippen LogP contribution is 2.29. The fourth-order valence-corrected chi connectivity index (χ4v) is 6.04. The molecular formula is C62H107NO2. The normalized spacial score (nSPS) is 12.5. The average Bonchev–Trinajstić information content (AvgIpc) is 3.26. The monoisotopic (exact) mass is 898 g/mol. The summed E-state index contributed by atoms with van der Waals surface area (Å²) in [5.74, 6) is 3.79. The summed E-state index contributed by atoms with van der Waals surface area (Å²) in [6.07, 6.45) is 10.4. The molecule has 65 heavy (non-hydrogen) atoms. The Bertz CT molecular complexity index is 1590. The van der Waals surface area contributed by atoms with E-state index in [4.69, 9.17) is 10.2 Å². The molecule has 0 spiro atoms. The van der Waals surface area contributed by atoms with E-state index in [-0.39, 0.29) is 5.41 Å². The van der Waals surface area contributed by atoms with Crippen LogP contribution in [0.4, 0.5) is 0 Å². The first-order valence-electron chi connectivity index (χ1n) is 25.2. The molecule has 0 aliphatic rings. The number of rotatable bonds is 16. The number of allylic oxidation sites excluding steroid dienone is 2. The lowest BCUT2D eigenvalue weighted by Crippen LogP contribution is -2.11. The molecule has 3 nitrogen and oxygen atoms in total. The van der Waals surface area contributed by atoms with Gasteiger partial charge >= 0.3 is 0 Å². The number of nitrogens with one attached hydrogen (secondary N) is 1. The van der Waals surface area contributed by atoms with Gasteiger partial charge in [0, 0.05) is 5.71 Å². The zero-order chi connectivity index (χ0) is 51.5. The number of carbonyl (C=O) groups excluding carboxylic acids is 1. The van der Waals surface area contributed by atoms with Crippen molar-refractivity contribution >= 4 is 12.2 Å². The Morgan fingerprint density at radius 1 is 0.615 bits per heavy atom. The molecule has 0 heterocycles. The summed E-state index contributed by atoms with van der Waals surface area (Å²) in [7, 11) is 1.31. The van der Waals surface area contributed by atoms with E-state index in [1.165, 1.54) is 114 Å². The van der Waals surface area contributed by atoms with E-state index in [1.54, 1.807) is 0 Å². The summed E-state index contributed by atoms with van der Waals surface area (Å²) in [4.78, 5) is 8.95. The predicted molar refractivity (Wildman–Crippen MR) is 297 cm³/mol. The van der Waals surface area contributed by atoms with E-state index in [2.05, 4.69) is 210 Å². The number of carbonyl (C=O) groups is 1. The summed E-state index contributed by atoms with van der Waals surface area (Å²) in [6.45, 7) is 55.9. The maximum Gasteiger partial charge on any atom is 0.292 e. The van der Waals surface area contributed by atoms with Crippen molar-refractivity contribution in [3.8, 4) is 0 Å². The average molecular weight is 899 g/mol. The van der Waals surface area contributed by atoms with Crippen LogP contribution in [0.3, 0.4) is 0 Å². The minimum atomic E-state index is 0.285. The number of methoxy groups -OCH3 is 1. The lowest BCUT2D eigenvalue weighted by atomic mass is 9.87. The Morgan fingerprint density at radius 3 is 1.17 bits per heavy atom. The van der Waals surface area contributed by atoms with Crippen molar-refractivity contribution in [1.82, 2.24) is 0 Å². The van der Waals surface area contributed by atoms with Gasteiger partial charge in [0.25, 0.3) is 6.47 Å². The lowest BCUT2D eigenvalue weighted by Gasteiger charge is -2.18. The van der Waals surface area contributed by atoms with Crippen LogP contribution in [0, 0.1) is 63.7 Å². The van der Waals surface area contributed by atoms with Gasteiger partial charge in [-0.25, -0.2) is 0 Å². The number of aryl methyl sites for hydroxylation is 5. The molecule has 3 aromatic carbocycles. The molecule has 3 rings (SSSR count). The number of ether oxygens (including phenoxy) is 1. The molecule has 0 radical (unpaired) electrons. The smallest absolute Gasteiger partial charge is 0.292 e. The van der Waals surface area contributed by atoms with Crippen LogP contribution < -0.4 is 0 Å². The van der Waals surface area contributed by atoms with Gasteiger partial charge in [0.15, 0.2) is 0 Å². The Labute approximate surface area is 406 Å². The first-order valence-corrected chi connectivity index (χ1v) is 25.2. The van der Waals surface area contributed by atoms with Crippen LogP contribution in [0.1, 0.15) is 225 Å². The van der Waals surface area contributed by atoms with Crippen molar-refractivity contribution in [2.24, 2.45) is 23.7 Å². The first-order chi connectivity index (χ1) is 30.2. The van der Waals surface area contributed by atoms with Gasteiger partial charge in [-0.3, -0.25) is 4.79 Å². The molecule has 1 N–H and O–H groups in total. The molecule has 0 aliphatic carbocycles. The summed E-state index contributed by atoms with van der Waals surface area (Å²) >= 11 is 0. The van der Waals surface area contributed by atoms with Gasteiger partial charge in [-0.1, -0.05) is 213 Å². The highest BCUT2D eigenvalue weighted by Gasteiger charge is 2.13. The molecule has 0 saturated carbocycles. The lowest BCUT2D eigenvalue weighted by molar-refractivity contribution is -0.126. The second kappa shape index (κ2) is 39.4. The summed E-state index contributed by atoms with van der Waals surface area (Å²) < 4.78 is 3.86. The van der Waals surface area contributed by atoms with Gasteiger partial charge in [-0.2, -0.15) is 0 Å². The van der Waals surface area contributed by atoms with Gasteiger partial charge in [0.05, 0.1) is 7.11 Å². The molecule has 0 fully saturated rings. The van der Waals surface area contributed by atoms with Crippen LogP contribution in [-0.2, 0) is 14.9 Å². The van der Waals surface area contributed by atoms with Crippen LogP contribution in [0.5, 0.6) is 0 Å². The maximum absolute atomic E-state index is 8.95. The third-order valence-corrected chi connectivity index (χ3v) is 12.6. The van der Waals surface area contributed by atoms with Crippen LogP contribution in [-0.4, -0.2) is 19.3 Å². The fourth-order valence-electron chi connectivity index (χ4n) is 6.04. The van der Waals surface area contributed by atoms with Crippen LogP contribution >= 0.6 is 0 Å². The second-order valence-corrected chi connectivity index (χ2v) is 20.0. The van der Waals surface area contributed by atoms with Crippen molar-refractivity contribution < 1.29 is 9.53 Å². The number of benzene rings is 3. The Hall–Kier alpha value is -3.72. The first kappa shape index (κ1) is 67.9. The van der Waals surface area contributed by atoms with E-state index >= 15 is 0 Å². The zero-order valence-corrected chi connectivity index (χ0v) is 47.2. The van der Waals surface area contributed by atoms with Crippen LogP contribution in [0.25, 0.3) is 0 Å². The van der Waals surface area contributed by atoms with Crippen LogP contribution in [0.15, 0.2) is 85.0 Å². The standard InChI is InChI=1S/C22H30.C11H16.2C9H18.C7H15N.C2H4O2.C2H6/c1-15-9-11-21(13-19(15)5)17(3)7-8-18(4)22-12-10-16(2)20(6)14-22;1-9-5-7-10(8-6-9)11(2,3)4;2*1-5-6-7-9(4)8(2)3;1-5(2)6(3)7(4)8;1-4-2-3;1-2/h9-14,17-18H,7-8H2,1-6H3;5-8H,1-4H3;2*9H,2,5-7H2,1,3-4H3;5-6,8H,1-4H3;2H,1H3;1-2H3/t17-,18?;;;;;;/m1....../s1. The largest absolute Gasteiger partial charge is 0.471 e. The van der Waals surface area contributed by atoms with E-state index in [1.807, 2.05) is 20.8 Å². The van der Waals surface area contributed by atoms with Crippen molar-refractivity contribution in [2.45, 2.75) is 221 Å². The minimum Gasteiger partial charge on any atom is -0.471 e. The number of hydrogen-bond acceptors (Lipinski definition) is 3. The van der Waals surface area contributed by atoms with E-state index < -0.39 is 0 Å². The predicted octanol–water partition coefficient (Wildman–Crippen LogP) is 19.8. The summed E-state index contributed by atoms with van der Waals surface area (Å²) in [6, 6.07) is 22.6. The molecule has 372 valence electrons. The quantitative estimate of drug-likeness (QED) is 0.0885. The van der Waals surface area contributed by atoms with Crippen molar-refractivity contribution in [1.29, 1.82) is 5.41 Å². The molecule has 5 atom stereocenters. The molecule has 3 heteroatoms.